The molecule has 0 spiro atoms. The average Bonchev–Trinajstić information content (AvgIpc) is 3.03. The number of hydrogen-bond donors (Lipinski definition) is 2. The Morgan fingerprint density at radius 2 is 1.92 bits per heavy atom. The van der Waals surface area contributed by atoms with Crippen molar-refractivity contribution in [3.63, 3.8) is 0 Å². The molecule has 0 heterocycles. The molecule has 0 aliphatic heterocycles. The van der Waals surface area contributed by atoms with Gasteiger partial charge < -0.3 is 20.5 Å². The Hall–Kier alpha value is -0.860. The SMILES string of the molecule is COCCC1(CN=C(N)Nc2ccccc2COC)CCCC1.I. The molecule has 1 aromatic rings. The highest BCUT2D eigenvalue weighted by Gasteiger charge is 2.33. The summed E-state index contributed by atoms with van der Waals surface area (Å²) in [6.07, 6.45) is 6.05. The number of halogens is 1. The average molecular weight is 447 g/mol. The third-order valence-corrected chi connectivity index (χ3v) is 4.67. The zero-order chi connectivity index (χ0) is 16.5. The van der Waals surface area contributed by atoms with Crippen molar-refractivity contribution in [1.82, 2.24) is 0 Å². The minimum Gasteiger partial charge on any atom is -0.385 e. The van der Waals surface area contributed by atoms with Gasteiger partial charge in [0.1, 0.15) is 0 Å². The number of rotatable bonds is 8. The van der Waals surface area contributed by atoms with Gasteiger partial charge in [-0.05, 0) is 30.7 Å². The molecule has 3 N–H and O–H groups in total. The molecule has 0 bridgehead atoms. The quantitative estimate of drug-likeness (QED) is 0.362. The van der Waals surface area contributed by atoms with Crippen LogP contribution in [0.2, 0.25) is 0 Å². The van der Waals surface area contributed by atoms with Crippen molar-refractivity contribution in [2.24, 2.45) is 16.1 Å². The van der Waals surface area contributed by atoms with Gasteiger partial charge in [0.15, 0.2) is 5.96 Å². The van der Waals surface area contributed by atoms with Gasteiger partial charge in [-0.2, -0.15) is 0 Å². The van der Waals surface area contributed by atoms with E-state index in [2.05, 4.69) is 10.3 Å². The maximum atomic E-state index is 6.10. The monoisotopic (exact) mass is 447 g/mol. The van der Waals surface area contributed by atoms with Crippen LogP contribution in [-0.4, -0.2) is 33.3 Å². The Morgan fingerprint density at radius 1 is 1.21 bits per heavy atom. The fourth-order valence-electron chi connectivity index (χ4n) is 3.28. The van der Waals surface area contributed by atoms with Crippen LogP contribution >= 0.6 is 24.0 Å². The van der Waals surface area contributed by atoms with E-state index in [-0.39, 0.29) is 29.4 Å². The number of nitrogens with zero attached hydrogens (tertiary/aromatic N) is 1. The van der Waals surface area contributed by atoms with Crippen LogP contribution in [0.4, 0.5) is 5.69 Å². The van der Waals surface area contributed by atoms with Crippen LogP contribution in [0, 0.1) is 5.41 Å². The Kier molecular flexibility index (Phi) is 9.61. The molecule has 0 aromatic heterocycles. The molecule has 1 aliphatic carbocycles. The minimum atomic E-state index is 0. The van der Waals surface area contributed by atoms with Gasteiger partial charge in [0.05, 0.1) is 6.61 Å². The van der Waals surface area contributed by atoms with Gasteiger partial charge in [-0.15, -0.1) is 24.0 Å². The smallest absolute Gasteiger partial charge is 0.193 e. The van der Waals surface area contributed by atoms with Crippen LogP contribution in [0.15, 0.2) is 29.3 Å². The number of nitrogens with one attached hydrogen (secondary N) is 1. The molecule has 0 saturated heterocycles. The maximum Gasteiger partial charge on any atom is 0.193 e. The highest BCUT2D eigenvalue weighted by Crippen LogP contribution is 2.41. The lowest BCUT2D eigenvalue weighted by Gasteiger charge is -2.26. The fourth-order valence-corrected chi connectivity index (χ4v) is 3.28. The second kappa shape index (κ2) is 10.9. The molecule has 0 radical (unpaired) electrons. The summed E-state index contributed by atoms with van der Waals surface area (Å²) in [7, 11) is 3.45. The van der Waals surface area contributed by atoms with E-state index in [4.69, 9.17) is 15.2 Å². The van der Waals surface area contributed by atoms with Crippen LogP contribution in [-0.2, 0) is 16.1 Å². The molecule has 0 amide bonds. The number of para-hydroxylation sites is 1. The van der Waals surface area contributed by atoms with Crippen molar-refractivity contribution in [3.05, 3.63) is 29.8 Å². The number of guanidine groups is 1. The number of benzene rings is 1. The van der Waals surface area contributed by atoms with Crippen molar-refractivity contribution in [3.8, 4) is 0 Å². The molecule has 5 nitrogen and oxygen atoms in total. The summed E-state index contributed by atoms with van der Waals surface area (Å²) in [5.74, 6) is 0.470. The van der Waals surface area contributed by atoms with Gasteiger partial charge in [0.25, 0.3) is 0 Å². The van der Waals surface area contributed by atoms with Gasteiger partial charge in [-0.3, -0.25) is 4.99 Å². The van der Waals surface area contributed by atoms with Crippen molar-refractivity contribution in [2.75, 3.05) is 32.7 Å². The predicted octanol–water partition coefficient (Wildman–Crippen LogP) is 3.77. The minimum absolute atomic E-state index is 0. The van der Waals surface area contributed by atoms with Crippen LogP contribution < -0.4 is 11.1 Å². The van der Waals surface area contributed by atoms with E-state index in [9.17, 15) is 0 Å². The van der Waals surface area contributed by atoms with E-state index in [1.54, 1.807) is 14.2 Å². The third-order valence-electron chi connectivity index (χ3n) is 4.67. The molecule has 0 unspecified atom stereocenters. The molecule has 1 aliphatic rings. The summed E-state index contributed by atoms with van der Waals surface area (Å²) >= 11 is 0. The fraction of sp³-hybridized carbons (Fsp3) is 0.611. The molecule has 24 heavy (non-hydrogen) atoms. The number of ether oxygens (including phenoxy) is 2. The lowest BCUT2D eigenvalue weighted by Crippen LogP contribution is -2.28. The summed E-state index contributed by atoms with van der Waals surface area (Å²) < 4.78 is 10.5. The maximum absolute atomic E-state index is 6.10. The first-order valence-corrected chi connectivity index (χ1v) is 8.32. The van der Waals surface area contributed by atoms with E-state index < -0.39 is 0 Å². The van der Waals surface area contributed by atoms with E-state index in [1.165, 1.54) is 25.7 Å². The number of hydrogen-bond acceptors (Lipinski definition) is 3. The molecule has 1 aromatic carbocycles. The second-order valence-electron chi connectivity index (χ2n) is 6.37. The Bertz CT molecular complexity index is 517. The number of nitrogens with two attached hydrogens (primary N) is 1. The third kappa shape index (κ3) is 6.22. The predicted molar refractivity (Wildman–Crippen MR) is 110 cm³/mol. The second-order valence-corrected chi connectivity index (χ2v) is 6.37. The first kappa shape index (κ1) is 21.2. The number of aliphatic imine (C=N–C) groups is 1. The largest absolute Gasteiger partial charge is 0.385 e. The Balaban J connectivity index is 0.00000288. The highest BCUT2D eigenvalue weighted by molar-refractivity contribution is 14.0. The zero-order valence-corrected chi connectivity index (χ0v) is 17.0. The van der Waals surface area contributed by atoms with E-state index >= 15 is 0 Å². The summed E-state index contributed by atoms with van der Waals surface area (Å²) in [5.41, 5.74) is 8.39. The van der Waals surface area contributed by atoms with Gasteiger partial charge in [-0.25, -0.2) is 0 Å². The molecular formula is C18H30IN3O2. The first-order chi connectivity index (χ1) is 11.2. The zero-order valence-electron chi connectivity index (χ0n) is 14.7. The molecule has 136 valence electrons. The van der Waals surface area contributed by atoms with Crippen molar-refractivity contribution in [2.45, 2.75) is 38.7 Å². The van der Waals surface area contributed by atoms with Crippen LogP contribution in [0.3, 0.4) is 0 Å². The standard InChI is InChI=1S/C18H29N3O2.HI/c1-22-12-11-18(9-5-6-10-18)14-20-17(19)21-16-8-4-3-7-15(16)13-23-2;/h3-4,7-8H,5-6,9-14H2,1-2H3,(H3,19,20,21);1H. The van der Waals surface area contributed by atoms with Crippen molar-refractivity contribution < 1.29 is 9.47 Å². The van der Waals surface area contributed by atoms with Gasteiger partial charge >= 0.3 is 0 Å². The van der Waals surface area contributed by atoms with E-state index in [0.29, 0.717) is 12.6 Å². The van der Waals surface area contributed by atoms with Gasteiger partial charge in [-0.1, -0.05) is 31.0 Å². The van der Waals surface area contributed by atoms with E-state index in [0.717, 1.165) is 30.8 Å². The highest BCUT2D eigenvalue weighted by atomic mass is 127. The summed E-state index contributed by atoms with van der Waals surface area (Å²) in [4.78, 5) is 4.61. The van der Waals surface area contributed by atoms with Gasteiger partial charge in [0.2, 0.25) is 0 Å². The first-order valence-electron chi connectivity index (χ1n) is 8.32. The van der Waals surface area contributed by atoms with Gasteiger partial charge in [0, 0.05) is 38.6 Å². The topological polar surface area (TPSA) is 68.9 Å². The summed E-state index contributed by atoms with van der Waals surface area (Å²) in [5, 5.41) is 3.21. The van der Waals surface area contributed by atoms with Crippen LogP contribution in [0.1, 0.15) is 37.7 Å². The number of methoxy groups -OCH3 is 2. The van der Waals surface area contributed by atoms with Crippen LogP contribution in [0.25, 0.3) is 0 Å². The summed E-state index contributed by atoms with van der Waals surface area (Å²) in [6.45, 7) is 2.11. The van der Waals surface area contributed by atoms with Crippen LogP contribution in [0.5, 0.6) is 0 Å². The van der Waals surface area contributed by atoms with E-state index in [1.807, 2.05) is 24.3 Å². The molecule has 0 atom stereocenters. The normalized spacial score (nSPS) is 16.7. The van der Waals surface area contributed by atoms with Crippen molar-refractivity contribution >= 4 is 35.6 Å². The summed E-state index contributed by atoms with van der Waals surface area (Å²) in [6, 6.07) is 7.99. The molecule has 2 rings (SSSR count). The Morgan fingerprint density at radius 3 is 2.58 bits per heavy atom. The number of anilines is 1. The molecule has 6 heteroatoms. The molecular weight excluding hydrogens is 417 g/mol. The van der Waals surface area contributed by atoms with Crippen molar-refractivity contribution in [1.29, 1.82) is 0 Å². The lowest BCUT2D eigenvalue weighted by molar-refractivity contribution is 0.141. The Labute approximate surface area is 162 Å². The molecule has 1 fully saturated rings. The molecule has 1 saturated carbocycles. The lowest BCUT2D eigenvalue weighted by atomic mass is 9.83.